The molecule has 6 nitrogen and oxygen atoms in total. The molecule has 2 rings (SSSR count). The number of hydrogen-bond acceptors (Lipinski definition) is 6. The number of carbonyl (C=O) groups is 1. The molecule has 1 aromatic carbocycles. The normalized spacial score (nSPS) is 19.2. The highest BCUT2D eigenvalue weighted by Crippen LogP contribution is 2.17. The van der Waals surface area contributed by atoms with E-state index in [9.17, 15) is 4.79 Å². The van der Waals surface area contributed by atoms with Gasteiger partial charge in [0.05, 0.1) is 32.5 Å². The Hall–Kier alpha value is -1.63. The highest BCUT2D eigenvalue weighted by molar-refractivity contribution is 5.74. The van der Waals surface area contributed by atoms with E-state index in [2.05, 4.69) is 0 Å². The van der Waals surface area contributed by atoms with Gasteiger partial charge in [0.15, 0.2) is 0 Å². The maximum atomic E-state index is 11.9. The van der Waals surface area contributed by atoms with Crippen LogP contribution in [0.4, 0.5) is 0 Å². The van der Waals surface area contributed by atoms with Crippen molar-refractivity contribution in [1.29, 1.82) is 0 Å². The molecule has 6 heteroatoms. The molecule has 0 aliphatic carbocycles. The van der Waals surface area contributed by atoms with Gasteiger partial charge in [-0.05, 0) is 31.2 Å². The molecule has 0 spiro atoms. The van der Waals surface area contributed by atoms with E-state index >= 15 is 0 Å². The van der Waals surface area contributed by atoms with Gasteiger partial charge in [-0.2, -0.15) is 0 Å². The maximum absolute atomic E-state index is 11.9. The zero-order valence-corrected chi connectivity index (χ0v) is 12.2. The SMILES string of the molecule is CCOc1ccc(OC(=O)CN2CCOC(CO)C2)cc1. The van der Waals surface area contributed by atoms with Gasteiger partial charge in [-0.15, -0.1) is 0 Å². The van der Waals surface area contributed by atoms with E-state index in [1.807, 2.05) is 11.8 Å². The van der Waals surface area contributed by atoms with Crippen molar-refractivity contribution in [1.82, 2.24) is 4.90 Å². The number of aliphatic hydroxyl groups excluding tert-OH is 1. The van der Waals surface area contributed by atoms with Crippen LogP contribution in [0.1, 0.15) is 6.92 Å². The van der Waals surface area contributed by atoms with Crippen LogP contribution in [0.25, 0.3) is 0 Å². The first-order chi connectivity index (χ1) is 10.2. The number of benzene rings is 1. The van der Waals surface area contributed by atoms with Crippen LogP contribution in [0.3, 0.4) is 0 Å². The van der Waals surface area contributed by atoms with Crippen molar-refractivity contribution < 1.29 is 24.1 Å². The highest BCUT2D eigenvalue weighted by Gasteiger charge is 2.22. The molecular formula is C15H21NO5. The van der Waals surface area contributed by atoms with Crippen LogP contribution < -0.4 is 9.47 Å². The second-order valence-electron chi connectivity index (χ2n) is 4.79. The molecule has 0 amide bonds. The number of carbonyl (C=O) groups excluding carboxylic acids is 1. The smallest absolute Gasteiger partial charge is 0.325 e. The Kier molecular flexibility index (Phi) is 5.98. The number of rotatable bonds is 6. The van der Waals surface area contributed by atoms with Crippen LogP contribution in [0, 0.1) is 0 Å². The van der Waals surface area contributed by atoms with Gasteiger partial charge < -0.3 is 19.3 Å². The lowest BCUT2D eigenvalue weighted by Gasteiger charge is -2.31. The van der Waals surface area contributed by atoms with Crippen molar-refractivity contribution in [3.05, 3.63) is 24.3 Å². The molecule has 116 valence electrons. The summed E-state index contributed by atoms with van der Waals surface area (Å²) < 4.78 is 15.9. The van der Waals surface area contributed by atoms with Gasteiger partial charge in [-0.3, -0.25) is 9.69 Å². The molecular weight excluding hydrogens is 274 g/mol. The summed E-state index contributed by atoms with van der Waals surface area (Å²) >= 11 is 0. The zero-order valence-electron chi connectivity index (χ0n) is 12.2. The highest BCUT2D eigenvalue weighted by atomic mass is 16.5. The second-order valence-corrected chi connectivity index (χ2v) is 4.79. The van der Waals surface area contributed by atoms with E-state index in [-0.39, 0.29) is 25.2 Å². The average Bonchev–Trinajstić information content (AvgIpc) is 2.49. The number of esters is 1. The number of ether oxygens (including phenoxy) is 3. The van der Waals surface area contributed by atoms with Crippen LogP contribution in [0.2, 0.25) is 0 Å². The molecule has 0 bridgehead atoms. The summed E-state index contributed by atoms with van der Waals surface area (Å²) in [6.45, 7) is 4.38. The molecule has 0 aromatic heterocycles. The molecule has 1 N–H and O–H groups in total. The number of hydrogen-bond donors (Lipinski definition) is 1. The molecule has 1 aliphatic rings. The van der Waals surface area contributed by atoms with E-state index in [0.717, 1.165) is 5.75 Å². The third kappa shape index (κ3) is 5.00. The predicted molar refractivity (Wildman–Crippen MR) is 76.5 cm³/mol. The van der Waals surface area contributed by atoms with Crippen LogP contribution in [-0.2, 0) is 9.53 Å². The Morgan fingerprint density at radius 3 is 2.76 bits per heavy atom. The topological polar surface area (TPSA) is 68.2 Å². The fourth-order valence-corrected chi connectivity index (χ4v) is 2.15. The second kappa shape index (κ2) is 7.97. The van der Waals surface area contributed by atoms with Gasteiger partial charge in [0.2, 0.25) is 0 Å². The van der Waals surface area contributed by atoms with E-state index in [0.29, 0.717) is 32.1 Å². The number of aliphatic hydroxyl groups is 1. The minimum absolute atomic E-state index is 0.0373. The Balaban J connectivity index is 1.81. The summed E-state index contributed by atoms with van der Waals surface area (Å²) in [7, 11) is 0. The summed E-state index contributed by atoms with van der Waals surface area (Å²) in [5.41, 5.74) is 0. The van der Waals surface area contributed by atoms with Gasteiger partial charge in [0, 0.05) is 13.1 Å². The van der Waals surface area contributed by atoms with Crippen molar-refractivity contribution in [3.63, 3.8) is 0 Å². The number of nitrogens with zero attached hydrogens (tertiary/aromatic N) is 1. The third-order valence-electron chi connectivity index (χ3n) is 3.15. The molecule has 21 heavy (non-hydrogen) atoms. The summed E-state index contributed by atoms with van der Waals surface area (Å²) in [6.07, 6.45) is -0.225. The van der Waals surface area contributed by atoms with Crippen molar-refractivity contribution in [2.24, 2.45) is 0 Å². The first-order valence-electron chi connectivity index (χ1n) is 7.09. The lowest BCUT2D eigenvalue weighted by molar-refractivity contribution is -0.138. The molecule has 1 aromatic rings. The molecule has 1 heterocycles. The average molecular weight is 295 g/mol. The summed E-state index contributed by atoms with van der Waals surface area (Å²) in [6, 6.07) is 6.95. The summed E-state index contributed by atoms with van der Waals surface area (Å²) in [4.78, 5) is 13.8. The first kappa shape index (κ1) is 15.8. The van der Waals surface area contributed by atoms with Gasteiger partial charge in [-0.25, -0.2) is 0 Å². The Morgan fingerprint density at radius 2 is 2.10 bits per heavy atom. The Bertz CT molecular complexity index is 448. The van der Waals surface area contributed by atoms with Crippen LogP contribution in [-0.4, -0.2) is 61.5 Å². The van der Waals surface area contributed by atoms with E-state index < -0.39 is 0 Å². The lowest BCUT2D eigenvalue weighted by Crippen LogP contribution is -2.46. The first-order valence-corrected chi connectivity index (χ1v) is 7.09. The summed E-state index contributed by atoms with van der Waals surface area (Å²) in [5.74, 6) is 0.921. The van der Waals surface area contributed by atoms with E-state index in [1.165, 1.54) is 0 Å². The van der Waals surface area contributed by atoms with E-state index in [1.54, 1.807) is 24.3 Å². The largest absolute Gasteiger partial charge is 0.494 e. The molecule has 0 radical (unpaired) electrons. The molecule has 1 saturated heterocycles. The van der Waals surface area contributed by atoms with E-state index in [4.69, 9.17) is 19.3 Å². The van der Waals surface area contributed by atoms with Crippen LogP contribution in [0.15, 0.2) is 24.3 Å². The molecule has 1 fully saturated rings. The quantitative estimate of drug-likeness (QED) is 0.615. The molecule has 1 unspecified atom stereocenters. The Morgan fingerprint density at radius 1 is 1.38 bits per heavy atom. The van der Waals surface area contributed by atoms with Crippen LogP contribution >= 0.6 is 0 Å². The predicted octanol–water partition coefficient (Wildman–Crippen LogP) is 0.684. The van der Waals surface area contributed by atoms with Crippen molar-refractivity contribution in [2.75, 3.05) is 39.5 Å². The van der Waals surface area contributed by atoms with Gasteiger partial charge in [0.1, 0.15) is 11.5 Å². The number of morpholine rings is 1. The monoisotopic (exact) mass is 295 g/mol. The maximum Gasteiger partial charge on any atom is 0.325 e. The summed E-state index contributed by atoms with van der Waals surface area (Å²) in [5, 5.41) is 9.07. The van der Waals surface area contributed by atoms with Crippen molar-refractivity contribution >= 4 is 5.97 Å². The minimum atomic E-state index is -0.322. The van der Waals surface area contributed by atoms with Crippen LogP contribution in [0.5, 0.6) is 11.5 Å². The fourth-order valence-electron chi connectivity index (χ4n) is 2.15. The lowest BCUT2D eigenvalue weighted by atomic mass is 10.3. The molecule has 0 saturated carbocycles. The third-order valence-corrected chi connectivity index (χ3v) is 3.15. The molecule has 1 atom stereocenters. The standard InChI is InChI=1S/C15H21NO5/c1-2-19-12-3-5-13(6-4-12)21-15(18)10-16-7-8-20-14(9-16)11-17/h3-6,14,17H,2,7-11H2,1H3. The van der Waals surface area contributed by atoms with Gasteiger partial charge >= 0.3 is 5.97 Å². The van der Waals surface area contributed by atoms with Gasteiger partial charge in [0.25, 0.3) is 0 Å². The van der Waals surface area contributed by atoms with Gasteiger partial charge in [-0.1, -0.05) is 0 Å². The Labute approximate surface area is 124 Å². The minimum Gasteiger partial charge on any atom is -0.494 e. The molecule has 1 aliphatic heterocycles. The zero-order chi connectivity index (χ0) is 15.1. The van der Waals surface area contributed by atoms with Crippen molar-refractivity contribution in [3.8, 4) is 11.5 Å². The van der Waals surface area contributed by atoms with Crippen molar-refractivity contribution in [2.45, 2.75) is 13.0 Å². The fraction of sp³-hybridized carbons (Fsp3) is 0.533.